The van der Waals surface area contributed by atoms with Gasteiger partial charge in [0, 0.05) is 48.4 Å². The number of pyridine rings is 1. The number of likely N-dealkylation sites (tertiary alicyclic amines) is 1. The summed E-state index contributed by atoms with van der Waals surface area (Å²) in [5.41, 5.74) is 2.48. The van der Waals surface area contributed by atoms with Gasteiger partial charge in [-0.05, 0) is 58.8 Å². The molecule has 0 unspecified atom stereocenters. The first-order chi connectivity index (χ1) is 19.6. The molecule has 2 aliphatic rings. The number of carbonyl (C=O) groups excluding carboxylic acids is 3. The summed E-state index contributed by atoms with van der Waals surface area (Å²) in [6.45, 7) is 5.27. The monoisotopic (exact) mass is 617 g/mol. The van der Waals surface area contributed by atoms with Crippen molar-refractivity contribution in [2.45, 2.75) is 52.2 Å². The lowest BCUT2D eigenvalue weighted by Gasteiger charge is -2.27. The smallest absolute Gasteiger partial charge is 0.248 e. The number of hydrogen-bond acceptors (Lipinski definition) is 8. The predicted molar refractivity (Wildman–Crippen MR) is 154 cm³/mol. The number of ether oxygens (including phenoxy) is 1. The first kappa shape index (κ1) is 27.0. The molecule has 3 aromatic heterocycles. The van der Waals surface area contributed by atoms with Crippen molar-refractivity contribution >= 4 is 50.2 Å². The van der Waals surface area contributed by atoms with E-state index >= 15 is 0 Å². The Hall–Kier alpha value is -4.19. The number of benzene rings is 1. The summed E-state index contributed by atoms with van der Waals surface area (Å²) in [6.07, 6.45) is 4.86. The molecular formula is C29H28BrN7O4. The maximum Gasteiger partial charge on any atom is 0.248 e. The van der Waals surface area contributed by atoms with Crippen molar-refractivity contribution in [3.8, 4) is 16.9 Å². The van der Waals surface area contributed by atoms with E-state index < -0.39 is 6.04 Å². The van der Waals surface area contributed by atoms with Crippen LogP contribution in [-0.2, 0) is 16.1 Å². The molecule has 3 atom stereocenters. The quantitative estimate of drug-likeness (QED) is 0.241. The largest absolute Gasteiger partial charge is 0.497 e. The average Bonchev–Trinajstić information content (AvgIpc) is 3.30. The number of fused-ring (bicyclic) bond motifs is 2. The minimum absolute atomic E-state index is 0.0296. The lowest BCUT2D eigenvalue weighted by molar-refractivity contribution is -0.138. The van der Waals surface area contributed by atoms with Crippen LogP contribution in [0.15, 0.2) is 47.3 Å². The van der Waals surface area contributed by atoms with Crippen LogP contribution in [0, 0.1) is 12.3 Å². The number of ketones is 1. The Labute approximate surface area is 244 Å². The third-order valence-electron chi connectivity index (χ3n) is 7.96. The minimum Gasteiger partial charge on any atom is -0.497 e. The molecule has 11 nitrogen and oxygen atoms in total. The Kier molecular flexibility index (Phi) is 6.60. The SMILES string of the molecule is COc1cc(Br)nc(NC(=O)[C@@H]2C[C@@]3(C)C[C@H]3N2C(=O)Cn2nc(C(C)=O)c3cc(-c4cnc(C)nc4)ccc32)c1. The van der Waals surface area contributed by atoms with E-state index in [0.717, 1.165) is 17.5 Å². The predicted octanol–water partition coefficient (Wildman–Crippen LogP) is 4.19. The first-order valence-electron chi connectivity index (χ1n) is 13.2. The highest BCUT2D eigenvalue weighted by atomic mass is 79.9. The molecular weight excluding hydrogens is 590 g/mol. The second-order valence-corrected chi connectivity index (χ2v) is 11.7. The van der Waals surface area contributed by atoms with Crippen LogP contribution in [-0.4, -0.2) is 66.4 Å². The third kappa shape index (κ3) is 4.96. The fourth-order valence-electron chi connectivity index (χ4n) is 5.72. The summed E-state index contributed by atoms with van der Waals surface area (Å²) in [7, 11) is 1.54. The van der Waals surface area contributed by atoms with Gasteiger partial charge in [-0.25, -0.2) is 15.0 Å². The Morgan fingerprint density at radius 1 is 1.12 bits per heavy atom. The summed E-state index contributed by atoms with van der Waals surface area (Å²) in [5.74, 6) is 0.799. The standard InChI is InChI=1S/C29H28BrN7O4/c1-15(38)27-20-7-17(18-12-31-16(2)32-13-18)5-6-21(20)36(35-27)14-26(39)37-22(10-29(3)11-23(29)37)28(40)34-25-9-19(41-4)8-24(30)33-25/h5-9,12-13,22-23H,10-11,14H2,1-4H3,(H,33,34,40)/t22-,23+,29-/m0/s1. The van der Waals surface area contributed by atoms with Crippen molar-refractivity contribution in [2.75, 3.05) is 12.4 Å². The Morgan fingerprint density at radius 2 is 1.88 bits per heavy atom. The van der Waals surface area contributed by atoms with Gasteiger partial charge in [-0.3, -0.25) is 19.1 Å². The van der Waals surface area contributed by atoms with E-state index in [1.165, 1.54) is 14.0 Å². The fraction of sp³-hybridized carbons (Fsp3) is 0.345. The van der Waals surface area contributed by atoms with Gasteiger partial charge in [-0.15, -0.1) is 0 Å². The number of nitrogens with one attached hydrogen (secondary N) is 1. The first-order valence-corrected chi connectivity index (χ1v) is 14.0. The summed E-state index contributed by atoms with van der Waals surface area (Å²) in [5, 5.41) is 8.02. The van der Waals surface area contributed by atoms with Crippen molar-refractivity contribution < 1.29 is 19.1 Å². The molecule has 1 saturated heterocycles. The zero-order valence-corrected chi connectivity index (χ0v) is 24.6. The lowest BCUT2D eigenvalue weighted by atomic mass is 10.0. The van der Waals surface area contributed by atoms with Crippen molar-refractivity contribution in [3.63, 3.8) is 0 Å². The highest BCUT2D eigenvalue weighted by Crippen LogP contribution is 2.59. The maximum absolute atomic E-state index is 13.8. The van der Waals surface area contributed by atoms with Crippen LogP contribution in [0.25, 0.3) is 22.0 Å². The van der Waals surface area contributed by atoms with Gasteiger partial charge >= 0.3 is 0 Å². The number of Topliss-reactive ketones (excluding diaryl/α,β-unsaturated/α-hetero) is 1. The normalized spacial score (nSPS) is 21.0. The molecule has 0 spiro atoms. The van der Waals surface area contributed by atoms with Gasteiger partial charge < -0.3 is 15.0 Å². The molecule has 1 saturated carbocycles. The zero-order valence-electron chi connectivity index (χ0n) is 23.0. The lowest BCUT2D eigenvalue weighted by Crippen LogP contribution is -2.46. The van der Waals surface area contributed by atoms with Gasteiger partial charge in [-0.1, -0.05) is 13.0 Å². The molecule has 1 aromatic carbocycles. The van der Waals surface area contributed by atoms with Crippen molar-refractivity contribution in [1.82, 2.24) is 29.6 Å². The van der Waals surface area contributed by atoms with Crippen LogP contribution in [0.5, 0.6) is 5.75 Å². The summed E-state index contributed by atoms with van der Waals surface area (Å²) < 4.78 is 7.35. The number of piperidine rings is 1. The number of aryl methyl sites for hydroxylation is 1. The number of halogens is 1. The molecule has 0 bridgehead atoms. The molecule has 41 heavy (non-hydrogen) atoms. The van der Waals surface area contributed by atoms with Gasteiger partial charge in [0.15, 0.2) is 5.78 Å². The third-order valence-corrected chi connectivity index (χ3v) is 8.37. The highest BCUT2D eigenvalue weighted by Gasteiger charge is 2.64. The number of amides is 2. The van der Waals surface area contributed by atoms with Crippen LogP contribution in [0.4, 0.5) is 5.82 Å². The highest BCUT2D eigenvalue weighted by molar-refractivity contribution is 9.10. The Morgan fingerprint density at radius 3 is 2.59 bits per heavy atom. The number of hydrogen-bond donors (Lipinski definition) is 1. The molecule has 210 valence electrons. The number of aromatic nitrogens is 5. The van der Waals surface area contributed by atoms with Crippen molar-refractivity contribution in [3.05, 3.63) is 58.8 Å². The van der Waals surface area contributed by atoms with Crippen molar-refractivity contribution in [2.24, 2.45) is 5.41 Å². The van der Waals surface area contributed by atoms with Crippen LogP contribution in [0.3, 0.4) is 0 Å². The van der Waals surface area contributed by atoms with E-state index in [-0.39, 0.29) is 41.3 Å². The number of rotatable bonds is 7. The number of anilines is 1. The average molecular weight is 618 g/mol. The summed E-state index contributed by atoms with van der Waals surface area (Å²) >= 11 is 3.33. The van der Waals surface area contributed by atoms with Crippen molar-refractivity contribution in [1.29, 1.82) is 0 Å². The van der Waals surface area contributed by atoms with E-state index in [1.807, 2.05) is 25.1 Å². The molecule has 12 heteroatoms. The molecule has 1 aliphatic carbocycles. The van der Waals surface area contributed by atoms with E-state index in [4.69, 9.17) is 4.74 Å². The van der Waals surface area contributed by atoms with Gasteiger partial charge in [0.05, 0.1) is 12.6 Å². The topological polar surface area (TPSA) is 132 Å². The van der Waals surface area contributed by atoms with Crippen LogP contribution in [0.1, 0.15) is 43.0 Å². The number of methoxy groups -OCH3 is 1. The van der Waals surface area contributed by atoms with Crippen LogP contribution in [0.2, 0.25) is 0 Å². The van der Waals surface area contributed by atoms with Crippen LogP contribution >= 0.6 is 15.9 Å². The number of nitrogens with zero attached hydrogens (tertiary/aromatic N) is 6. The molecule has 1 aliphatic heterocycles. The summed E-state index contributed by atoms with van der Waals surface area (Å²) in [6, 6.07) is 8.25. The van der Waals surface area contributed by atoms with E-state index in [2.05, 4.69) is 48.2 Å². The Bertz CT molecular complexity index is 1720. The maximum atomic E-state index is 13.8. The van der Waals surface area contributed by atoms with E-state index in [1.54, 1.807) is 34.1 Å². The summed E-state index contributed by atoms with van der Waals surface area (Å²) in [4.78, 5) is 54.3. The molecule has 2 amide bonds. The fourth-order valence-corrected chi connectivity index (χ4v) is 6.13. The molecule has 4 heterocycles. The Balaban J connectivity index is 1.28. The number of carbonyl (C=O) groups is 3. The molecule has 1 N–H and O–H groups in total. The van der Waals surface area contributed by atoms with Gasteiger partial charge in [0.2, 0.25) is 11.8 Å². The minimum atomic E-state index is -0.653. The molecule has 2 fully saturated rings. The van der Waals surface area contributed by atoms with Gasteiger partial charge in [0.25, 0.3) is 0 Å². The molecule has 4 aromatic rings. The second-order valence-electron chi connectivity index (χ2n) is 10.9. The van der Waals surface area contributed by atoms with Gasteiger partial charge in [-0.2, -0.15) is 5.10 Å². The second kappa shape index (κ2) is 10.0. The van der Waals surface area contributed by atoms with E-state index in [9.17, 15) is 14.4 Å². The molecule has 6 rings (SSSR count). The van der Waals surface area contributed by atoms with Gasteiger partial charge in [0.1, 0.15) is 40.3 Å². The van der Waals surface area contributed by atoms with Crippen LogP contribution < -0.4 is 10.1 Å². The zero-order chi connectivity index (χ0) is 29.1. The van der Waals surface area contributed by atoms with E-state index in [0.29, 0.717) is 39.3 Å². The molecule has 0 radical (unpaired) electrons.